The number of methoxy groups -OCH3 is 1. The van der Waals surface area contributed by atoms with Gasteiger partial charge in [-0.25, -0.2) is 4.79 Å². The molecule has 0 radical (unpaired) electrons. The standard InChI is InChI=1S/C14H12ClN3O6/c1-23-9-4-6(3-8(15)11(9)24-5-10(16)19)2-7-12(20)17-14(22)18-13(7)21/h2-4H,5H2,1H3,(H2,16,19)(H2,17,18,20,21,22). The quantitative estimate of drug-likeness (QED) is 0.502. The maximum atomic E-state index is 11.7. The van der Waals surface area contributed by atoms with Crippen LogP contribution >= 0.6 is 11.6 Å². The molecule has 1 aromatic rings. The third-order valence-corrected chi connectivity index (χ3v) is 3.15. The number of hydrogen-bond donors (Lipinski definition) is 3. The summed E-state index contributed by atoms with van der Waals surface area (Å²) >= 11 is 6.07. The van der Waals surface area contributed by atoms with Crippen molar-refractivity contribution >= 4 is 41.4 Å². The first-order valence-corrected chi connectivity index (χ1v) is 6.86. The van der Waals surface area contributed by atoms with Gasteiger partial charge in [-0.2, -0.15) is 0 Å². The molecule has 1 aromatic carbocycles. The van der Waals surface area contributed by atoms with E-state index in [0.29, 0.717) is 5.56 Å². The molecule has 1 saturated heterocycles. The van der Waals surface area contributed by atoms with E-state index in [1.165, 1.54) is 25.3 Å². The second-order valence-corrected chi connectivity index (χ2v) is 4.99. The Kier molecular flexibility index (Phi) is 5.05. The lowest BCUT2D eigenvalue weighted by Crippen LogP contribution is -2.51. The summed E-state index contributed by atoms with van der Waals surface area (Å²) < 4.78 is 10.3. The van der Waals surface area contributed by atoms with Crippen molar-refractivity contribution in [2.75, 3.05) is 13.7 Å². The average Bonchev–Trinajstić information content (AvgIpc) is 2.49. The van der Waals surface area contributed by atoms with Crippen LogP contribution in [0.5, 0.6) is 11.5 Å². The van der Waals surface area contributed by atoms with Crippen LogP contribution in [-0.2, 0) is 14.4 Å². The molecule has 0 unspecified atom stereocenters. The Morgan fingerprint density at radius 3 is 2.42 bits per heavy atom. The summed E-state index contributed by atoms with van der Waals surface area (Å²) in [4.78, 5) is 45.2. The summed E-state index contributed by atoms with van der Waals surface area (Å²) in [5, 5.41) is 3.98. The highest BCUT2D eigenvalue weighted by atomic mass is 35.5. The Bertz CT molecular complexity index is 752. The number of benzene rings is 1. The fourth-order valence-electron chi connectivity index (χ4n) is 1.88. The van der Waals surface area contributed by atoms with E-state index in [4.69, 9.17) is 26.8 Å². The molecule has 1 fully saturated rings. The number of barbiturate groups is 1. The maximum Gasteiger partial charge on any atom is 0.328 e. The smallest absolute Gasteiger partial charge is 0.328 e. The number of nitrogens with two attached hydrogens (primary N) is 1. The summed E-state index contributed by atoms with van der Waals surface area (Å²) in [7, 11) is 1.35. The molecule has 1 heterocycles. The number of carbonyl (C=O) groups is 4. The number of primary amides is 1. The average molecular weight is 354 g/mol. The van der Waals surface area contributed by atoms with Crippen molar-refractivity contribution in [1.29, 1.82) is 0 Å². The molecule has 0 spiro atoms. The van der Waals surface area contributed by atoms with Crippen molar-refractivity contribution in [1.82, 2.24) is 10.6 Å². The zero-order valence-corrected chi connectivity index (χ0v) is 13.1. The molecule has 0 bridgehead atoms. The molecule has 0 aromatic heterocycles. The monoisotopic (exact) mass is 353 g/mol. The second kappa shape index (κ2) is 7.01. The van der Waals surface area contributed by atoms with Gasteiger partial charge in [-0.3, -0.25) is 25.0 Å². The zero-order chi connectivity index (χ0) is 17.9. The third-order valence-electron chi connectivity index (χ3n) is 2.86. The summed E-state index contributed by atoms with van der Waals surface area (Å²) in [6.07, 6.45) is 1.23. The topological polar surface area (TPSA) is 137 Å². The number of hydrogen-bond acceptors (Lipinski definition) is 6. The van der Waals surface area contributed by atoms with E-state index in [-0.39, 0.29) is 22.1 Å². The van der Waals surface area contributed by atoms with Gasteiger partial charge in [0.15, 0.2) is 18.1 Å². The van der Waals surface area contributed by atoms with E-state index in [0.717, 1.165) is 0 Å². The van der Waals surface area contributed by atoms with Crippen molar-refractivity contribution < 1.29 is 28.7 Å². The van der Waals surface area contributed by atoms with Gasteiger partial charge in [0.25, 0.3) is 17.7 Å². The Morgan fingerprint density at radius 2 is 1.88 bits per heavy atom. The first-order valence-electron chi connectivity index (χ1n) is 6.48. The number of halogens is 1. The van der Waals surface area contributed by atoms with Crippen LogP contribution in [0.15, 0.2) is 17.7 Å². The number of carbonyl (C=O) groups excluding carboxylic acids is 4. The molecule has 0 aliphatic carbocycles. The van der Waals surface area contributed by atoms with E-state index in [1.807, 2.05) is 10.6 Å². The Hall–Kier alpha value is -3.07. The number of ether oxygens (including phenoxy) is 2. The Morgan fingerprint density at radius 1 is 1.25 bits per heavy atom. The normalized spacial score (nSPS) is 13.9. The summed E-state index contributed by atoms with van der Waals surface area (Å²) in [6, 6.07) is 1.93. The molecule has 0 saturated carbocycles. The van der Waals surface area contributed by atoms with Gasteiger partial charge >= 0.3 is 6.03 Å². The molecule has 1 aliphatic rings. The molecule has 126 valence electrons. The van der Waals surface area contributed by atoms with Gasteiger partial charge in [-0.1, -0.05) is 11.6 Å². The number of rotatable bonds is 5. The first-order chi connectivity index (χ1) is 11.3. The SMILES string of the molecule is COc1cc(C=C2C(=O)NC(=O)NC2=O)cc(Cl)c1OCC(N)=O. The van der Waals surface area contributed by atoms with E-state index < -0.39 is 30.4 Å². The minimum atomic E-state index is -0.895. The predicted molar refractivity (Wildman–Crippen MR) is 82.4 cm³/mol. The van der Waals surface area contributed by atoms with E-state index in [9.17, 15) is 19.2 Å². The molecule has 2 rings (SSSR count). The minimum Gasteiger partial charge on any atom is -0.493 e. The molecule has 9 nitrogen and oxygen atoms in total. The summed E-state index contributed by atoms with van der Waals surface area (Å²) in [5.74, 6) is -2.11. The van der Waals surface area contributed by atoms with Gasteiger partial charge in [-0.15, -0.1) is 0 Å². The third kappa shape index (κ3) is 3.82. The maximum absolute atomic E-state index is 11.7. The van der Waals surface area contributed by atoms with Gasteiger partial charge in [0, 0.05) is 0 Å². The molecule has 4 N–H and O–H groups in total. The van der Waals surface area contributed by atoms with Crippen molar-refractivity contribution in [2.45, 2.75) is 0 Å². The van der Waals surface area contributed by atoms with Gasteiger partial charge < -0.3 is 15.2 Å². The fraction of sp³-hybridized carbons (Fsp3) is 0.143. The first kappa shape index (κ1) is 17.3. The molecule has 1 aliphatic heterocycles. The predicted octanol–water partition coefficient (Wildman–Crippen LogP) is -0.0379. The number of nitrogens with one attached hydrogen (secondary N) is 2. The summed E-state index contributed by atoms with van der Waals surface area (Å²) in [5.41, 5.74) is 5.07. The zero-order valence-electron chi connectivity index (χ0n) is 12.3. The molecule has 0 atom stereocenters. The van der Waals surface area contributed by atoms with Gasteiger partial charge in [0.05, 0.1) is 12.1 Å². The van der Waals surface area contributed by atoms with Crippen LogP contribution in [0, 0.1) is 0 Å². The highest BCUT2D eigenvalue weighted by Gasteiger charge is 2.27. The Balaban J connectivity index is 2.38. The van der Waals surface area contributed by atoms with E-state index in [2.05, 4.69) is 0 Å². The highest BCUT2D eigenvalue weighted by molar-refractivity contribution is 6.33. The molecular weight excluding hydrogens is 342 g/mol. The lowest BCUT2D eigenvalue weighted by molar-refractivity contribution is -0.124. The van der Waals surface area contributed by atoms with Gasteiger partial charge in [0.2, 0.25) is 0 Å². The van der Waals surface area contributed by atoms with Crippen molar-refractivity contribution in [3.05, 3.63) is 28.3 Å². The molecular formula is C14H12ClN3O6. The van der Waals surface area contributed by atoms with Crippen LogP contribution in [-0.4, -0.2) is 37.5 Å². The minimum absolute atomic E-state index is 0.0788. The fourth-order valence-corrected chi connectivity index (χ4v) is 2.15. The molecule has 24 heavy (non-hydrogen) atoms. The highest BCUT2D eigenvalue weighted by Crippen LogP contribution is 2.37. The lowest BCUT2D eigenvalue weighted by atomic mass is 10.1. The number of urea groups is 1. The second-order valence-electron chi connectivity index (χ2n) is 4.58. The van der Waals surface area contributed by atoms with Crippen LogP contribution in [0.1, 0.15) is 5.56 Å². The van der Waals surface area contributed by atoms with Crippen LogP contribution < -0.4 is 25.8 Å². The number of imide groups is 2. The molecule has 5 amide bonds. The van der Waals surface area contributed by atoms with Crippen LogP contribution in [0.4, 0.5) is 4.79 Å². The van der Waals surface area contributed by atoms with Crippen LogP contribution in [0.2, 0.25) is 5.02 Å². The Labute approximate surface area is 140 Å². The summed E-state index contributed by atoms with van der Waals surface area (Å²) in [6.45, 7) is -0.399. The lowest BCUT2D eigenvalue weighted by Gasteiger charge is -2.15. The van der Waals surface area contributed by atoms with Gasteiger partial charge in [-0.05, 0) is 23.8 Å². The van der Waals surface area contributed by atoms with E-state index in [1.54, 1.807) is 0 Å². The van der Waals surface area contributed by atoms with Gasteiger partial charge in [0.1, 0.15) is 5.57 Å². The van der Waals surface area contributed by atoms with E-state index >= 15 is 0 Å². The number of amides is 5. The van der Waals surface area contributed by atoms with Crippen LogP contribution in [0.25, 0.3) is 6.08 Å². The largest absolute Gasteiger partial charge is 0.493 e. The van der Waals surface area contributed by atoms with Crippen LogP contribution in [0.3, 0.4) is 0 Å². The van der Waals surface area contributed by atoms with Crippen molar-refractivity contribution in [3.8, 4) is 11.5 Å². The molecule has 10 heteroatoms. The van der Waals surface area contributed by atoms with Crippen molar-refractivity contribution in [3.63, 3.8) is 0 Å². The van der Waals surface area contributed by atoms with Crippen molar-refractivity contribution in [2.24, 2.45) is 5.73 Å².